The molecule has 2 N–H and O–H groups in total. The van der Waals surface area contributed by atoms with E-state index in [0.717, 1.165) is 24.0 Å². The lowest BCUT2D eigenvalue weighted by Crippen LogP contribution is -2.32. The van der Waals surface area contributed by atoms with E-state index in [2.05, 4.69) is 16.7 Å². The first kappa shape index (κ1) is 20.5. The first-order valence-corrected chi connectivity index (χ1v) is 9.59. The maximum absolute atomic E-state index is 12.7. The molecule has 0 fully saturated rings. The molecule has 0 spiro atoms. The van der Waals surface area contributed by atoms with Gasteiger partial charge in [-0.05, 0) is 37.5 Å². The minimum Gasteiger partial charge on any atom is -0.493 e. The molecule has 2 aromatic rings. The molecule has 0 aliphatic heterocycles. The van der Waals surface area contributed by atoms with Crippen LogP contribution in [0.2, 0.25) is 0 Å². The summed E-state index contributed by atoms with van der Waals surface area (Å²) in [6, 6.07) is 11.0. The molecule has 2 amide bonds. The fourth-order valence-corrected chi connectivity index (χ4v) is 3.39. The number of nitrogens with one attached hydrogen (secondary N) is 2. The van der Waals surface area contributed by atoms with Gasteiger partial charge in [0, 0.05) is 11.6 Å². The smallest absolute Gasteiger partial charge is 0.251 e. The molecule has 29 heavy (non-hydrogen) atoms. The summed E-state index contributed by atoms with van der Waals surface area (Å²) in [6.07, 6.45) is 6.10. The summed E-state index contributed by atoms with van der Waals surface area (Å²) in [5.41, 5.74) is 2.80. The lowest BCUT2D eigenvalue weighted by Gasteiger charge is -2.17. The molecule has 0 saturated heterocycles. The number of rotatable bonds is 7. The standard InChI is InChI=1S/C23H26N2O4/c1-15-7-6-8-16(11-15)12-21(26)25-19-13-17(14-20(28-2)22(19)29-3)23(27)24-18-9-4-5-10-18/h4,6-9,11,13-14,18H,5,10,12H2,1-3H3,(H,24,27)(H,25,26). The summed E-state index contributed by atoms with van der Waals surface area (Å²) in [4.78, 5) is 25.3. The van der Waals surface area contributed by atoms with E-state index in [1.807, 2.05) is 37.3 Å². The molecule has 2 aromatic carbocycles. The van der Waals surface area contributed by atoms with Crippen LogP contribution in [-0.4, -0.2) is 32.1 Å². The SMILES string of the molecule is COc1cc(C(=O)NC2C=CCC2)cc(NC(=O)Cc2cccc(C)c2)c1OC. The minimum absolute atomic E-state index is 0.0231. The fourth-order valence-electron chi connectivity index (χ4n) is 3.39. The number of ether oxygens (including phenoxy) is 2. The molecule has 3 rings (SSSR count). The Balaban J connectivity index is 1.82. The molecule has 1 aliphatic carbocycles. The van der Waals surface area contributed by atoms with Crippen LogP contribution < -0.4 is 20.1 Å². The van der Waals surface area contributed by atoms with Gasteiger partial charge in [0.1, 0.15) is 0 Å². The van der Waals surface area contributed by atoms with Crippen LogP contribution >= 0.6 is 0 Å². The molecule has 1 aliphatic rings. The monoisotopic (exact) mass is 394 g/mol. The molecule has 0 bridgehead atoms. The van der Waals surface area contributed by atoms with E-state index >= 15 is 0 Å². The number of benzene rings is 2. The number of hydrogen-bond donors (Lipinski definition) is 2. The number of carbonyl (C=O) groups excluding carboxylic acids is 2. The molecule has 6 heteroatoms. The predicted molar refractivity (Wildman–Crippen MR) is 113 cm³/mol. The van der Waals surface area contributed by atoms with Gasteiger partial charge >= 0.3 is 0 Å². The first-order chi connectivity index (χ1) is 14.0. The number of carbonyl (C=O) groups is 2. The van der Waals surface area contributed by atoms with E-state index in [1.165, 1.54) is 14.2 Å². The Morgan fingerprint density at radius 3 is 2.62 bits per heavy atom. The van der Waals surface area contributed by atoms with Crippen molar-refractivity contribution in [1.82, 2.24) is 5.32 Å². The normalized spacial score (nSPS) is 15.1. The van der Waals surface area contributed by atoms with Crippen LogP contribution in [-0.2, 0) is 11.2 Å². The quantitative estimate of drug-likeness (QED) is 0.703. The molecule has 0 radical (unpaired) electrons. The number of aryl methyl sites for hydroxylation is 1. The van der Waals surface area contributed by atoms with Crippen molar-refractivity contribution in [3.63, 3.8) is 0 Å². The van der Waals surface area contributed by atoms with Gasteiger partial charge in [0.2, 0.25) is 5.91 Å². The molecule has 6 nitrogen and oxygen atoms in total. The number of anilines is 1. The highest BCUT2D eigenvalue weighted by atomic mass is 16.5. The fraction of sp³-hybridized carbons (Fsp3) is 0.304. The van der Waals surface area contributed by atoms with Gasteiger partial charge in [-0.3, -0.25) is 9.59 Å². The van der Waals surface area contributed by atoms with Crippen molar-refractivity contribution in [3.8, 4) is 11.5 Å². The second-order valence-electron chi connectivity index (χ2n) is 7.06. The number of amides is 2. The van der Waals surface area contributed by atoms with Crippen molar-refractivity contribution in [2.75, 3.05) is 19.5 Å². The number of methoxy groups -OCH3 is 2. The second kappa shape index (κ2) is 9.28. The van der Waals surface area contributed by atoms with E-state index in [1.54, 1.807) is 12.1 Å². The van der Waals surface area contributed by atoms with Crippen molar-refractivity contribution in [3.05, 3.63) is 65.2 Å². The molecule has 1 atom stereocenters. The van der Waals surface area contributed by atoms with Crippen LogP contribution in [0, 0.1) is 6.92 Å². The van der Waals surface area contributed by atoms with Crippen LogP contribution in [0.3, 0.4) is 0 Å². The Morgan fingerprint density at radius 2 is 1.97 bits per heavy atom. The van der Waals surface area contributed by atoms with Crippen molar-refractivity contribution >= 4 is 17.5 Å². The van der Waals surface area contributed by atoms with Crippen LogP contribution in [0.15, 0.2) is 48.6 Å². The first-order valence-electron chi connectivity index (χ1n) is 9.59. The molecular formula is C23H26N2O4. The minimum atomic E-state index is -0.225. The molecule has 0 saturated carbocycles. The third-order valence-electron chi connectivity index (χ3n) is 4.79. The zero-order chi connectivity index (χ0) is 20.8. The maximum Gasteiger partial charge on any atom is 0.251 e. The predicted octanol–water partition coefficient (Wildman–Crippen LogP) is 3.64. The van der Waals surface area contributed by atoms with Gasteiger partial charge in [-0.15, -0.1) is 0 Å². The Hall–Kier alpha value is -3.28. The third-order valence-corrected chi connectivity index (χ3v) is 4.79. The van der Waals surface area contributed by atoms with Crippen molar-refractivity contribution in [1.29, 1.82) is 0 Å². The number of allylic oxidation sites excluding steroid dienone is 1. The second-order valence-corrected chi connectivity index (χ2v) is 7.06. The van der Waals surface area contributed by atoms with Gasteiger partial charge in [0.25, 0.3) is 5.91 Å². The lowest BCUT2D eigenvalue weighted by molar-refractivity contribution is -0.115. The summed E-state index contributed by atoms with van der Waals surface area (Å²) in [5, 5.41) is 5.83. The summed E-state index contributed by atoms with van der Waals surface area (Å²) < 4.78 is 10.8. The van der Waals surface area contributed by atoms with Gasteiger partial charge in [-0.2, -0.15) is 0 Å². The third kappa shape index (κ3) is 5.16. The molecule has 152 valence electrons. The van der Waals surface area contributed by atoms with Crippen molar-refractivity contribution in [2.45, 2.75) is 32.2 Å². The molecule has 1 unspecified atom stereocenters. The Labute approximate surface area is 170 Å². The average molecular weight is 394 g/mol. The Bertz CT molecular complexity index is 936. The Kier molecular flexibility index (Phi) is 6.54. The van der Waals surface area contributed by atoms with Gasteiger partial charge < -0.3 is 20.1 Å². The maximum atomic E-state index is 12.7. The molecular weight excluding hydrogens is 368 g/mol. The van der Waals surface area contributed by atoms with Crippen LogP contribution in [0.5, 0.6) is 11.5 Å². The van der Waals surface area contributed by atoms with E-state index in [9.17, 15) is 9.59 Å². The van der Waals surface area contributed by atoms with Gasteiger partial charge in [-0.25, -0.2) is 0 Å². The summed E-state index contributed by atoms with van der Waals surface area (Å²) in [6.45, 7) is 1.98. The summed E-state index contributed by atoms with van der Waals surface area (Å²) in [5.74, 6) is 0.333. The number of hydrogen-bond acceptors (Lipinski definition) is 4. The highest BCUT2D eigenvalue weighted by molar-refractivity contribution is 6.00. The van der Waals surface area contributed by atoms with Crippen molar-refractivity contribution in [2.24, 2.45) is 0 Å². The van der Waals surface area contributed by atoms with Gasteiger partial charge in [0.05, 0.1) is 26.3 Å². The van der Waals surface area contributed by atoms with Crippen molar-refractivity contribution < 1.29 is 19.1 Å². The van der Waals surface area contributed by atoms with Crippen LogP contribution in [0.4, 0.5) is 5.69 Å². The zero-order valence-corrected chi connectivity index (χ0v) is 17.0. The average Bonchev–Trinajstić information content (AvgIpc) is 3.20. The summed E-state index contributed by atoms with van der Waals surface area (Å²) in [7, 11) is 2.99. The van der Waals surface area contributed by atoms with E-state index in [-0.39, 0.29) is 24.3 Å². The summed E-state index contributed by atoms with van der Waals surface area (Å²) >= 11 is 0. The molecule has 0 aromatic heterocycles. The highest BCUT2D eigenvalue weighted by Gasteiger charge is 2.20. The van der Waals surface area contributed by atoms with E-state index < -0.39 is 0 Å². The van der Waals surface area contributed by atoms with E-state index in [0.29, 0.717) is 22.7 Å². The lowest BCUT2D eigenvalue weighted by atomic mass is 10.1. The van der Waals surface area contributed by atoms with Crippen LogP contribution in [0.1, 0.15) is 34.3 Å². The molecule has 0 heterocycles. The Morgan fingerprint density at radius 1 is 1.14 bits per heavy atom. The highest BCUT2D eigenvalue weighted by Crippen LogP contribution is 2.36. The van der Waals surface area contributed by atoms with Crippen LogP contribution in [0.25, 0.3) is 0 Å². The van der Waals surface area contributed by atoms with Gasteiger partial charge in [-0.1, -0.05) is 42.0 Å². The van der Waals surface area contributed by atoms with Gasteiger partial charge in [0.15, 0.2) is 11.5 Å². The largest absolute Gasteiger partial charge is 0.493 e. The topological polar surface area (TPSA) is 76.7 Å². The van der Waals surface area contributed by atoms with E-state index in [4.69, 9.17) is 9.47 Å². The zero-order valence-electron chi connectivity index (χ0n) is 17.0.